The van der Waals surface area contributed by atoms with Crippen molar-refractivity contribution in [1.82, 2.24) is 0 Å². The van der Waals surface area contributed by atoms with Crippen LogP contribution in [0.3, 0.4) is 0 Å². The van der Waals surface area contributed by atoms with Crippen LogP contribution in [0.1, 0.15) is 39.5 Å². The number of rotatable bonds is 8. The quantitative estimate of drug-likeness (QED) is 0.771. The number of nitrogens with two attached hydrogens (primary N) is 1. The molecule has 0 aromatic heterocycles. The Hall–Kier alpha value is -1.26. The number of amides is 1. The molecule has 5 heteroatoms. The predicted octanol–water partition coefficient (Wildman–Crippen LogP) is 3.58. The lowest BCUT2D eigenvalue weighted by atomic mass is 10.1. The van der Waals surface area contributed by atoms with Crippen molar-refractivity contribution >= 4 is 23.2 Å². The van der Waals surface area contributed by atoms with Crippen molar-refractivity contribution in [1.29, 1.82) is 0 Å². The van der Waals surface area contributed by atoms with E-state index in [4.69, 9.17) is 22.1 Å². The Morgan fingerprint density at radius 1 is 1.40 bits per heavy atom. The van der Waals surface area contributed by atoms with E-state index in [1.165, 1.54) is 0 Å². The van der Waals surface area contributed by atoms with Crippen molar-refractivity contribution in [2.75, 3.05) is 11.9 Å². The van der Waals surface area contributed by atoms with E-state index < -0.39 is 6.04 Å². The Labute approximate surface area is 125 Å². The third-order valence-electron chi connectivity index (χ3n) is 2.87. The molecule has 0 heterocycles. The van der Waals surface area contributed by atoms with Crippen LogP contribution in [0, 0.1) is 0 Å². The van der Waals surface area contributed by atoms with E-state index in [2.05, 4.69) is 12.2 Å². The van der Waals surface area contributed by atoms with E-state index >= 15 is 0 Å². The molecule has 112 valence electrons. The summed E-state index contributed by atoms with van der Waals surface area (Å²) in [7, 11) is 0. The molecule has 0 aliphatic carbocycles. The summed E-state index contributed by atoms with van der Waals surface area (Å²) in [5, 5.41) is 3.34. The molecule has 0 fully saturated rings. The lowest BCUT2D eigenvalue weighted by Crippen LogP contribution is -2.35. The Morgan fingerprint density at radius 3 is 2.80 bits per heavy atom. The molecule has 0 bridgehead atoms. The molecule has 0 spiro atoms. The second kappa shape index (κ2) is 8.82. The highest BCUT2D eigenvalue weighted by Gasteiger charge is 2.15. The maximum absolute atomic E-state index is 12.0. The van der Waals surface area contributed by atoms with Crippen LogP contribution in [0.4, 0.5) is 5.69 Å². The molecule has 1 aromatic rings. The summed E-state index contributed by atoms with van der Waals surface area (Å²) in [6.45, 7) is 4.68. The second-order valence-corrected chi connectivity index (χ2v) is 5.16. The summed E-state index contributed by atoms with van der Waals surface area (Å²) in [4.78, 5) is 12.0. The molecule has 0 aliphatic heterocycles. The Balaban J connectivity index is 2.73. The number of hydrogen-bond donors (Lipinski definition) is 2. The number of halogens is 1. The lowest BCUT2D eigenvalue weighted by Gasteiger charge is -2.15. The smallest absolute Gasteiger partial charge is 0.241 e. The van der Waals surface area contributed by atoms with Gasteiger partial charge >= 0.3 is 0 Å². The van der Waals surface area contributed by atoms with Gasteiger partial charge in [0.25, 0.3) is 0 Å². The molecule has 0 saturated carbocycles. The summed E-state index contributed by atoms with van der Waals surface area (Å²) < 4.78 is 5.59. The van der Waals surface area contributed by atoms with Crippen molar-refractivity contribution < 1.29 is 9.53 Å². The molecule has 1 amide bonds. The van der Waals surface area contributed by atoms with Crippen LogP contribution in [0.25, 0.3) is 0 Å². The topological polar surface area (TPSA) is 64.4 Å². The van der Waals surface area contributed by atoms with Gasteiger partial charge in [-0.25, -0.2) is 0 Å². The average molecular weight is 299 g/mol. The van der Waals surface area contributed by atoms with Gasteiger partial charge in [-0.2, -0.15) is 0 Å². The molecule has 1 atom stereocenters. The van der Waals surface area contributed by atoms with Crippen LogP contribution in [0.5, 0.6) is 5.75 Å². The minimum Gasteiger partial charge on any atom is -0.491 e. The zero-order valence-electron chi connectivity index (χ0n) is 12.1. The third-order valence-corrected chi connectivity index (χ3v) is 3.10. The molecule has 0 aliphatic rings. The van der Waals surface area contributed by atoms with E-state index in [0.717, 1.165) is 19.3 Å². The standard InChI is InChI=1S/C15H23ClN2O2/c1-3-5-6-12(17)15(19)18-13-10-11(16)7-8-14(13)20-9-4-2/h7-8,10,12H,3-6,9,17H2,1-2H3,(H,18,19). The van der Waals surface area contributed by atoms with Crippen molar-refractivity contribution in [3.05, 3.63) is 23.2 Å². The zero-order chi connectivity index (χ0) is 15.0. The number of anilines is 1. The van der Waals surface area contributed by atoms with Gasteiger partial charge in [-0.05, 0) is 31.0 Å². The van der Waals surface area contributed by atoms with Gasteiger partial charge in [0.15, 0.2) is 0 Å². The van der Waals surface area contributed by atoms with Crippen molar-refractivity contribution in [2.24, 2.45) is 5.73 Å². The monoisotopic (exact) mass is 298 g/mol. The number of carbonyl (C=O) groups excluding carboxylic acids is 1. The molecule has 1 aromatic carbocycles. The van der Waals surface area contributed by atoms with Gasteiger partial charge in [0, 0.05) is 5.02 Å². The first kappa shape index (κ1) is 16.8. The minimum atomic E-state index is -0.507. The van der Waals surface area contributed by atoms with Crippen molar-refractivity contribution in [3.8, 4) is 5.75 Å². The first-order valence-electron chi connectivity index (χ1n) is 7.07. The van der Waals surface area contributed by atoms with E-state index in [9.17, 15) is 4.79 Å². The van der Waals surface area contributed by atoms with Gasteiger partial charge in [-0.3, -0.25) is 4.79 Å². The summed E-state index contributed by atoms with van der Waals surface area (Å²) in [5.41, 5.74) is 6.43. The fourth-order valence-corrected chi connectivity index (χ4v) is 1.89. The van der Waals surface area contributed by atoms with Gasteiger partial charge < -0.3 is 15.8 Å². The fraction of sp³-hybridized carbons (Fsp3) is 0.533. The number of unbranched alkanes of at least 4 members (excludes halogenated alkanes) is 1. The second-order valence-electron chi connectivity index (χ2n) is 4.73. The Morgan fingerprint density at radius 2 is 2.15 bits per heavy atom. The largest absolute Gasteiger partial charge is 0.491 e. The van der Waals surface area contributed by atoms with Crippen molar-refractivity contribution in [2.45, 2.75) is 45.6 Å². The van der Waals surface area contributed by atoms with E-state index in [1.54, 1.807) is 18.2 Å². The summed E-state index contributed by atoms with van der Waals surface area (Å²) >= 11 is 5.96. The molecule has 0 saturated heterocycles. The molecular weight excluding hydrogens is 276 g/mol. The van der Waals surface area contributed by atoms with Crippen LogP contribution < -0.4 is 15.8 Å². The average Bonchev–Trinajstić information content (AvgIpc) is 2.43. The maximum Gasteiger partial charge on any atom is 0.241 e. The highest BCUT2D eigenvalue weighted by molar-refractivity contribution is 6.31. The molecule has 3 N–H and O–H groups in total. The number of hydrogen-bond acceptors (Lipinski definition) is 3. The fourth-order valence-electron chi connectivity index (χ4n) is 1.72. The van der Waals surface area contributed by atoms with Gasteiger partial charge in [-0.1, -0.05) is 38.3 Å². The highest BCUT2D eigenvalue weighted by atomic mass is 35.5. The van der Waals surface area contributed by atoms with Gasteiger partial charge in [0.1, 0.15) is 5.75 Å². The molecule has 20 heavy (non-hydrogen) atoms. The molecule has 1 rings (SSSR count). The van der Waals surface area contributed by atoms with Crippen molar-refractivity contribution in [3.63, 3.8) is 0 Å². The normalized spacial score (nSPS) is 12.0. The Kier molecular flexibility index (Phi) is 7.41. The molecule has 4 nitrogen and oxygen atoms in total. The number of ether oxygens (including phenoxy) is 1. The summed E-state index contributed by atoms with van der Waals surface area (Å²) in [6, 6.07) is 4.66. The first-order valence-corrected chi connectivity index (χ1v) is 7.45. The van der Waals surface area contributed by atoms with Crippen LogP contribution in [-0.4, -0.2) is 18.6 Å². The zero-order valence-corrected chi connectivity index (χ0v) is 12.9. The Bertz CT molecular complexity index is 438. The number of nitrogens with one attached hydrogen (secondary N) is 1. The van der Waals surface area contributed by atoms with Crippen LogP contribution in [-0.2, 0) is 4.79 Å². The first-order chi connectivity index (χ1) is 9.58. The predicted molar refractivity (Wildman–Crippen MR) is 83.4 cm³/mol. The molecular formula is C15H23ClN2O2. The maximum atomic E-state index is 12.0. The summed E-state index contributed by atoms with van der Waals surface area (Å²) in [6.07, 6.45) is 3.52. The number of carbonyl (C=O) groups is 1. The van der Waals surface area contributed by atoms with Gasteiger partial charge in [0.05, 0.1) is 18.3 Å². The van der Waals surface area contributed by atoms with E-state index in [0.29, 0.717) is 29.5 Å². The molecule has 1 unspecified atom stereocenters. The highest BCUT2D eigenvalue weighted by Crippen LogP contribution is 2.28. The lowest BCUT2D eigenvalue weighted by molar-refractivity contribution is -0.117. The van der Waals surface area contributed by atoms with Gasteiger partial charge in [0.2, 0.25) is 5.91 Å². The SMILES string of the molecule is CCCCC(N)C(=O)Nc1cc(Cl)ccc1OCCC. The third kappa shape index (κ3) is 5.39. The van der Waals surface area contributed by atoms with Crippen LogP contribution >= 0.6 is 11.6 Å². The minimum absolute atomic E-state index is 0.206. The van der Waals surface area contributed by atoms with E-state index in [1.807, 2.05) is 6.92 Å². The van der Waals surface area contributed by atoms with Crippen LogP contribution in [0.2, 0.25) is 5.02 Å². The molecule has 0 radical (unpaired) electrons. The van der Waals surface area contributed by atoms with Gasteiger partial charge in [-0.15, -0.1) is 0 Å². The number of benzene rings is 1. The summed E-state index contributed by atoms with van der Waals surface area (Å²) in [5.74, 6) is 0.411. The van der Waals surface area contributed by atoms with E-state index in [-0.39, 0.29) is 5.91 Å². The van der Waals surface area contributed by atoms with Crippen LogP contribution in [0.15, 0.2) is 18.2 Å².